The van der Waals surface area contributed by atoms with Crippen LogP contribution in [0.2, 0.25) is 0 Å². The standard InChI is InChI=1S/C33H40O22/c34-6-15-19(39)23(43)26(46)31(52-15)49-8-17-21(41)25(45)27(47)32(54-17)50-10-4-13(38)18-14(5-10)51-29(9-1-2-11(36)12(37)3-9)30(22(18)42)55-33-28(48)24(44)20(40)16(7-35)53-33/h1-5,15-17,19-21,23-28,31-41,43-48H,6-8H2/t15-,16-,17-,19-,20-,21-,23+,24+,25+,26-,27-,28-,31-,32-,33+/m1/s1. The molecule has 0 aliphatic carbocycles. The predicted octanol–water partition coefficient (Wildman–Crippen LogP) is -5.24. The summed E-state index contributed by atoms with van der Waals surface area (Å²) >= 11 is 0. The van der Waals surface area contributed by atoms with E-state index in [-0.39, 0.29) is 11.3 Å². The van der Waals surface area contributed by atoms with Crippen molar-refractivity contribution in [1.29, 1.82) is 0 Å². The molecular weight excluding hydrogens is 748 g/mol. The van der Waals surface area contributed by atoms with Crippen LogP contribution in [0.25, 0.3) is 22.3 Å². The average molecular weight is 789 g/mol. The summed E-state index contributed by atoms with van der Waals surface area (Å²) in [4.78, 5) is 13.9. The summed E-state index contributed by atoms with van der Waals surface area (Å²) in [5, 5.41) is 143. The first-order valence-electron chi connectivity index (χ1n) is 16.7. The molecule has 3 aliphatic rings. The molecule has 55 heavy (non-hydrogen) atoms. The van der Waals surface area contributed by atoms with Gasteiger partial charge in [0, 0.05) is 17.7 Å². The lowest BCUT2D eigenvalue weighted by molar-refractivity contribution is -0.323. The van der Waals surface area contributed by atoms with Gasteiger partial charge in [-0.1, -0.05) is 0 Å². The molecule has 3 fully saturated rings. The average Bonchev–Trinajstić information content (AvgIpc) is 3.16. The molecule has 3 aliphatic heterocycles. The Bertz CT molecular complexity index is 1870. The van der Waals surface area contributed by atoms with Gasteiger partial charge in [0.1, 0.15) is 95.7 Å². The van der Waals surface area contributed by atoms with Crippen LogP contribution in [-0.4, -0.2) is 183 Å². The van der Waals surface area contributed by atoms with Gasteiger partial charge in [-0.25, -0.2) is 0 Å². The van der Waals surface area contributed by atoms with Crippen LogP contribution >= 0.6 is 0 Å². The fraction of sp³-hybridized carbons (Fsp3) is 0.545. The van der Waals surface area contributed by atoms with E-state index >= 15 is 0 Å². The van der Waals surface area contributed by atoms with Crippen LogP contribution in [0, 0.1) is 0 Å². The number of benzene rings is 2. The number of fused-ring (bicyclic) bond motifs is 1. The summed E-state index contributed by atoms with van der Waals surface area (Å²) in [6, 6.07) is 5.08. The number of aliphatic hydroxyl groups is 11. The normalized spacial score (nSPS) is 36.8. The SMILES string of the molecule is O=c1c(O[C@@H]2O[C@H](CO)[C@@H](O)[C@H](O)[C@H]2O)c(-c2ccc(O)c(O)c2)oc2cc(O[C@@H]3O[C@H](CO[C@@H]4O[C@H](CO)[C@@H](O)[C@H](O)[C@H]4O)[C@@H](O)[C@H](O)[C@H]3O)cc(O)c12. The minimum atomic E-state index is -1.99. The molecule has 3 saturated heterocycles. The second-order valence-electron chi connectivity index (χ2n) is 13.1. The molecule has 14 N–H and O–H groups in total. The second-order valence-corrected chi connectivity index (χ2v) is 13.1. The quantitative estimate of drug-likeness (QED) is 0.0853. The number of hydrogen-bond donors (Lipinski definition) is 14. The highest BCUT2D eigenvalue weighted by Crippen LogP contribution is 2.40. The molecule has 4 heterocycles. The number of aliphatic hydroxyl groups excluding tert-OH is 11. The summed E-state index contributed by atoms with van der Waals surface area (Å²) in [5.41, 5.74) is -1.68. The fourth-order valence-electron chi connectivity index (χ4n) is 6.25. The van der Waals surface area contributed by atoms with Gasteiger partial charge < -0.3 is 104 Å². The Labute approximate surface area is 307 Å². The summed E-state index contributed by atoms with van der Waals surface area (Å²) in [5.74, 6) is -3.69. The summed E-state index contributed by atoms with van der Waals surface area (Å²) in [6.07, 6.45) is -26.3. The largest absolute Gasteiger partial charge is 0.507 e. The van der Waals surface area contributed by atoms with Crippen LogP contribution < -0.4 is 14.9 Å². The number of phenolic OH excluding ortho intramolecular Hbond substituents is 3. The molecule has 3 aromatic rings. The van der Waals surface area contributed by atoms with E-state index in [9.17, 15) is 76.3 Å². The molecular formula is C33H40O22. The van der Waals surface area contributed by atoms with Gasteiger partial charge in [0.2, 0.25) is 23.8 Å². The first-order valence-corrected chi connectivity index (χ1v) is 16.7. The zero-order valence-corrected chi connectivity index (χ0v) is 28.2. The maximum absolute atomic E-state index is 13.9. The number of phenols is 3. The van der Waals surface area contributed by atoms with Gasteiger partial charge >= 0.3 is 0 Å². The van der Waals surface area contributed by atoms with E-state index < -0.39 is 157 Å². The molecule has 0 bridgehead atoms. The van der Waals surface area contributed by atoms with Crippen molar-refractivity contribution in [1.82, 2.24) is 0 Å². The molecule has 0 amide bonds. The molecule has 304 valence electrons. The van der Waals surface area contributed by atoms with Crippen molar-refractivity contribution >= 4 is 11.0 Å². The predicted molar refractivity (Wildman–Crippen MR) is 174 cm³/mol. The van der Waals surface area contributed by atoms with E-state index in [1.165, 1.54) is 6.07 Å². The van der Waals surface area contributed by atoms with Crippen molar-refractivity contribution in [2.24, 2.45) is 0 Å². The molecule has 2 aromatic carbocycles. The molecule has 1 aromatic heterocycles. The van der Waals surface area contributed by atoms with Gasteiger partial charge in [0.15, 0.2) is 23.5 Å². The van der Waals surface area contributed by atoms with E-state index in [0.717, 1.165) is 24.3 Å². The Kier molecular flexibility index (Phi) is 12.0. The topological polar surface area (TPSA) is 369 Å². The summed E-state index contributed by atoms with van der Waals surface area (Å²) in [7, 11) is 0. The maximum atomic E-state index is 13.9. The van der Waals surface area contributed by atoms with Crippen molar-refractivity contribution < 1.29 is 104 Å². The summed E-state index contributed by atoms with van der Waals surface area (Å²) < 4.78 is 38.9. The minimum Gasteiger partial charge on any atom is -0.507 e. The van der Waals surface area contributed by atoms with Crippen LogP contribution in [0.15, 0.2) is 39.5 Å². The Morgan fingerprint density at radius 2 is 1.09 bits per heavy atom. The Balaban J connectivity index is 1.30. The van der Waals surface area contributed by atoms with Gasteiger partial charge in [0.05, 0.1) is 19.8 Å². The fourth-order valence-corrected chi connectivity index (χ4v) is 6.25. The monoisotopic (exact) mass is 788 g/mol. The number of aromatic hydroxyl groups is 3. The number of hydrogen-bond acceptors (Lipinski definition) is 22. The lowest BCUT2D eigenvalue weighted by Gasteiger charge is -2.42. The molecule has 15 atom stereocenters. The van der Waals surface area contributed by atoms with E-state index in [1.54, 1.807) is 0 Å². The third-order valence-corrected chi connectivity index (χ3v) is 9.42. The third kappa shape index (κ3) is 7.76. The van der Waals surface area contributed by atoms with Crippen LogP contribution in [0.4, 0.5) is 0 Å². The van der Waals surface area contributed by atoms with E-state index in [4.69, 9.17) is 32.8 Å². The van der Waals surface area contributed by atoms with Crippen LogP contribution in [0.5, 0.6) is 28.7 Å². The lowest BCUT2D eigenvalue weighted by atomic mass is 9.98. The molecule has 0 unspecified atom stereocenters. The molecule has 6 rings (SSSR count). The van der Waals surface area contributed by atoms with Gasteiger partial charge in [-0.3, -0.25) is 4.79 Å². The van der Waals surface area contributed by atoms with Gasteiger partial charge in [-0.05, 0) is 18.2 Å². The van der Waals surface area contributed by atoms with Crippen LogP contribution in [-0.2, 0) is 18.9 Å². The van der Waals surface area contributed by atoms with Crippen molar-refractivity contribution in [2.75, 3.05) is 19.8 Å². The lowest BCUT2D eigenvalue weighted by Crippen LogP contribution is -2.62. The minimum absolute atomic E-state index is 0.120. The Morgan fingerprint density at radius 3 is 1.67 bits per heavy atom. The zero-order chi connectivity index (χ0) is 40.0. The molecule has 0 spiro atoms. The van der Waals surface area contributed by atoms with Crippen molar-refractivity contribution in [2.45, 2.75) is 92.1 Å². The smallest absolute Gasteiger partial charge is 0.239 e. The maximum Gasteiger partial charge on any atom is 0.239 e. The van der Waals surface area contributed by atoms with Crippen LogP contribution in [0.1, 0.15) is 0 Å². The highest BCUT2D eigenvalue weighted by Gasteiger charge is 2.49. The van der Waals surface area contributed by atoms with Gasteiger partial charge in [-0.2, -0.15) is 0 Å². The molecule has 22 nitrogen and oxygen atoms in total. The van der Waals surface area contributed by atoms with Gasteiger partial charge in [-0.15, -0.1) is 0 Å². The summed E-state index contributed by atoms with van der Waals surface area (Å²) in [6.45, 7) is -2.26. The number of ether oxygens (including phenoxy) is 6. The van der Waals surface area contributed by atoms with Crippen molar-refractivity contribution in [3.63, 3.8) is 0 Å². The first kappa shape index (κ1) is 40.7. The van der Waals surface area contributed by atoms with Crippen LogP contribution in [0.3, 0.4) is 0 Å². The van der Waals surface area contributed by atoms with E-state index in [1.807, 2.05) is 0 Å². The third-order valence-electron chi connectivity index (χ3n) is 9.42. The molecule has 22 heteroatoms. The zero-order valence-electron chi connectivity index (χ0n) is 28.2. The van der Waals surface area contributed by atoms with E-state index in [2.05, 4.69) is 0 Å². The number of rotatable bonds is 10. The van der Waals surface area contributed by atoms with E-state index in [0.29, 0.717) is 0 Å². The highest BCUT2D eigenvalue weighted by atomic mass is 16.7. The highest BCUT2D eigenvalue weighted by molar-refractivity contribution is 5.88. The van der Waals surface area contributed by atoms with Crippen molar-refractivity contribution in [3.05, 3.63) is 40.6 Å². The Morgan fingerprint density at radius 1 is 0.564 bits per heavy atom. The Hall–Kier alpha value is -3.95. The molecule has 0 radical (unpaired) electrons. The first-order chi connectivity index (χ1) is 26.1. The van der Waals surface area contributed by atoms with Crippen molar-refractivity contribution in [3.8, 4) is 40.1 Å². The second kappa shape index (κ2) is 16.3. The van der Waals surface area contributed by atoms with Gasteiger partial charge in [0.25, 0.3) is 0 Å². The molecule has 0 saturated carbocycles.